The molecule has 3 rings (SSSR count). The van der Waals surface area contributed by atoms with Crippen molar-refractivity contribution in [2.45, 2.75) is 38.2 Å². The number of aliphatic hydroxyl groups is 1. The van der Waals surface area contributed by atoms with E-state index in [9.17, 15) is 14.3 Å². The summed E-state index contributed by atoms with van der Waals surface area (Å²) in [6.07, 6.45) is 2.79. The fraction of sp³-hybridized carbons (Fsp3) is 0.409. The van der Waals surface area contributed by atoms with Crippen molar-refractivity contribution in [3.63, 3.8) is 0 Å². The number of carbonyl (C=O) groups is 1. The van der Waals surface area contributed by atoms with Crippen LogP contribution in [-0.2, 0) is 5.60 Å². The molecule has 2 aromatic carbocycles. The predicted molar refractivity (Wildman–Crippen MR) is 99.8 cm³/mol. The minimum atomic E-state index is -0.721. The van der Waals surface area contributed by atoms with Gasteiger partial charge in [0.2, 0.25) is 0 Å². The van der Waals surface area contributed by atoms with E-state index in [-0.39, 0.29) is 11.6 Å². The van der Waals surface area contributed by atoms with E-state index in [1.807, 2.05) is 31.2 Å². The van der Waals surface area contributed by atoms with Gasteiger partial charge in [0.05, 0.1) is 19.6 Å². The molecule has 2 aromatic rings. The van der Waals surface area contributed by atoms with Crippen LogP contribution in [0, 0.1) is 12.7 Å². The lowest BCUT2D eigenvalue weighted by Gasteiger charge is -2.36. The molecule has 0 spiro atoms. The number of nitrogens with one attached hydrogen (secondary N) is 1. The Morgan fingerprint density at radius 1 is 1.08 bits per heavy atom. The predicted octanol–water partition coefficient (Wildman–Crippen LogP) is 2.66. The number of Topliss-reactive ketones (excluding diaryl/α,β-unsaturated/α-hetero) is 1. The first-order valence-electron chi connectivity index (χ1n) is 9.38. The maximum absolute atomic E-state index is 12.9. The number of carbonyl (C=O) groups excluding carboxylic acids is 1. The van der Waals surface area contributed by atoms with Crippen molar-refractivity contribution in [3.8, 4) is 0 Å². The highest BCUT2D eigenvalue weighted by Crippen LogP contribution is 2.29. The van der Waals surface area contributed by atoms with Crippen LogP contribution in [0.1, 0.15) is 47.2 Å². The number of rotatable bonds is 6. The molecule has 2 N–H and O–H groups in total. The number of hydrogen-bond donors (Lipinski definition) is 2. The molecular formula is C22H27FNO2+. The Morgan fingerprint density at radius 2 is 1.69 bits per heavy atom. The van der Waals surface area contributed by atoms with Crippen LogP contribution < -0.4 is 4.90 Å². The van der Waals surface area contributed by atoms with Crippen LogP contribution >= 0.6 is 0 Å². The highest BCUT2D eigenvalue weighted by atomic mass is 19.1. The number of hydrogen-bond acceptors (Lipinski definition) is 2. The Hall–Kier alpha value is -2.04. The zero-order chi connectivity index (χ0) is 18.6. The molecule has 26 heavy (non-hydrogen) atoms. The lowest BCUT2D eigenvalue weighted by Crippen LogP contribution is -3.13. The Bertz CT molecular complexity index is 732. The summed E-state index contributed by atoms with van der Waals surface area (Å²) in [7, 11) is 0. The normalized spacial score (nSPS) is 23.0. The van der Waals surface area contributed by atoms with Crippen LogP contribution in [0.4, 0.5) is 4.39 Å². The Labute approximate surface area is 154 Å². The molecule has 0 aliphatic carbocycles. The van der Waals surface area contributed by atoms with Gasteiger partial charge in [-0.1, -0.05) is 29.8 Å². The fourth-order valence-corrected chi connectivity index (χ4v) is 3.70. The number of ketones is 1. The average Bonchev–Trinajstić information content (AvgIpc) is 2.64. The molecular weight excluding hydrogens is 329 g/mol. The Kier molecular flexibility index (Phi) is 5.84. The van der Waals surface area contributed by atoms with Crippen molar-refractivity contribution in [1.82, 2.24) is 0 Å². The molecule has 0 saturated carbocycles. The van der Waals surface area contributed by atoms with Crippen molar-refractivity contribution in [2.24, 2.45) is 0 Å². The Morgan fingerprint density at radius 3 is 2.31 bits per heavy atom. The number of aryl methyl sites for hydroxylation is 1. The third-order valence-corrected chi connectivity index (χ3v) is 5.47. The van der Waals surface area contributed by atoms with Gasteiger partial charge in [-0.3, -0.25) is 4.79 Å². The highest BCUT2D eigenvalue weighted by Gasteiger charge is 2.35. The van der Waals surface area contributed by atoms with E-state index < -0.39 is 5.60 Å². The van der Waals surface area contributed by atoms with Gasteiger partial charge in [0.1, 0.15) is 11.4 Å². The number of likely N-dealkylation sites (tertiary alicyclic amines) is 1. The second-order valence-electron chi connectivity index (χ2n) is 7.43. The van der Waals surface area contributed by atoms with Crippen LogP contribution in [0.15, 0.2) is 48.5 Å². The third-order valence-electron chi connectivity index (χ3n) is 5.47. The van der Waals surface area contributed by atoms with E-state index in [1.54, 1.807) is 12.1 Å². The molecule has 4 heteroatoms. The molecule has 1 aliphatic rings. The van der Waals surface area contributed by atoms with Crippen LogP contribution in [0.3, 0.4) is 0 Å². The van der Waals surface area contributed by atoms with Gasteiger partial charge >= 0.3 is 0 Å². The summed E-state index contributed by atoms with van der Waals surface area (Å²) in [6, 6.07) is 13.9. The topological polar surface area (TPSA) is 41.7 Å². The molecule has 1 fully saturated rings. The molecule has 1 saturated heterocycles. The van der Waals surface area contributed by atoms with Gasteiger partial charge < -0.3 is 10.0 Å². The molecule has 0 amide bonds. The summed E-state index contributed by atoms with van der Waals surface area (Å²) in [5.41, 5.74) is 2.06. The lowest BCUT2D eigenvalue weighted by molar-refractivity contribution is -0.908. The summed E-state index contributed by atoms with van der Waals surface area (Å²) in [5.74, 6) is -0.252. The molecule has 0 bridgehead atoms. The minimum Gasteiger partial charge on any atom is -0.385 e. The summed E-state index contributed by atoms with van der Waals surface area (Å²) < 4.78 is 12.9. The van der Waals surface area contributed by atoms with Gasteiger partial charge in [-0.25, -0.2) is 4.39 Å². The zero-order valence-electron chi connectivity index (χ0n) is 15.3. The van der Waals surface area contributed by atoms with E-state index in [0.29, 0.717) is 12.0 Å². The van der Waals surface area contributed by atoms with Crippen molar-refractivity contribution >= 4 is 5.78 Å². The van der Waals surface area contributed by atoms with Gasteiger partial charge in [0.15, 0.2) is 5.78 Å². The van der Waals surface area contributed by atoms with E-state index in [0.717, 1.165) is 44.5 Å². The summed E-state index contributed by atoms with van der Waals surface area (Å²) >= 11 is 0. The second-order valence-corrected chi connectivity index (χ2v) is 7.43. The summed E-state index contributed by atoms with van der Waals surface area (Å²) in [5, 5.41) is 10.9. The fourth-order valence-electron chi connectivity index (χ4n) is 3.70. The lowest BCUT2D eigenvalue weighted by atomic mass is 9.84. The van der Waals surface area contributed by atoms with Gasteiger partial charge in [0.25, 0.3) is 0 Å². The maximum Gasteiger partial charge on any atom is 0.163 e. The summed E-state index contributed by atoms with van der Waals surface area (Å²) in [6.45, 7) is 4.80. The molecule has 1 aliphatic heterocycles. The first-order chi connectivity index (χ1) is 12.5. The molecule has 0 atom stereocenters. The maximum atomic E-state index is 12.9. The van der Waals surface area contributed by atoms with Crippen molar-refractivity contribution in [3.05, 3.63) is 71.0 Å². The quantitative estimate of drug-likeness (QED) is 0.782. The molecule has 1 heterocycles. The number of benzene rings is 2. The molecule has 0 radical (unpaired) electrons. The van der Waals surface area contributed by atoms with E-state index >= 15 is 0 Å². The standard InChI is InChI=1S/C22H26FNO2/c1-17-4-8-19(9-5-17)22(26)12-15-24(16-13-22)14-2-3-21(25)18-6-10-20(23)11-7-18/h4-11,26H,2-3,12-16H2,1H3/p+1. The van der Waals surface area contributed by atoms with Crippen molar-refractivity contribution < 1.29 is 19.2 Å². The van der Waals surface area contributed by atoms with Gasteiger partial charge in [-0.2, -0.15) is 0 Å². The van der Waals surface area contributed by atoms with Crippen LogP contribution in [0.25, 0.3) is 0 Å². The smallest absolute Gasteiger partial charge is 0.163 e. The van der Waals surface area contributed by atoms with Crippen LogP contribution in [0.5, 0.6) is 0 Å². The average molecular weight is 356 g/mol. The van der Waals surface area contributed by atoms with E-state index in [2.05, 4.69) is 0 Å². The van der Waals surface area contributed by atoms with Gasteiger partial charge in [0, 0.05) is 31.2 Å². The molecule has 3 nitrogen and oxygen atoms in total. The highest BCUT2D eigenvalue weighted by molar-refractivity contribution is 5.95. The number of halogens is 1. The third kappa shape index (κ3) is 4.57. The zero-order valence-corrected chi connectivity index (χ0v) is 15.3. The van der Waals surface area contributed by atoms with Gasteiger partial charge in [-0.05, 0) is 36.8 Å². The van der Waals surface area contributed by atoms with Crippen molar-refractivity contribution in [2.75, 3.05) is 19.6 Å². The van der Waals surface area contributed by atoms with Crippen LogP contribution in [0.2, 0.25) is 0 Å². The molecule has 138 valence electrons. The number of piperidine rings is 1. The first-order valence-corrected chi connectivity index (χ1v) is 9.38. The SMILES string of the molecule is Cc1ccc(C2(O)CC[NH+](CCCC(=O)c3ccc(F)cc3)CC2)cc1. The number of quaternary nitrogens is 1. The molecule has 0 unspecified atom stereocenters. The monoisotopic (exact) mass is 356 g/mol. The molecule has 0 aromatic heterocycles. The van der Waals surface area contributed by atoms with Crippen molar-refractivity contribution in [1.29, 1.82) is 0 Å². The second kappa shape index (κ2) is 8.11. The van der Waals surface area contributed by atoms with E-state index in [4.69, 9.17) is 0 Å². The largest absolute Gasteiger partial charge is 0.385 e. The van der Waals surface area contributed by atoms with Gasteiger partial charge in [-0.15, -0.1) is 0 Å². The van der Waals surface area contributed by atoms with E-state index in [1.165, 1.54) is 22.6 Å². The summed E-state index contributed by atoms with van der Waals surface area (Å²) in [4.78, 5) is 13.6. The van der Waals surface area contributed by atoms with Crippen LogP contribution in [-0.4, -0.2) is 30.5 Å². The first kappa shape index (κ1) is 18.7. The Balaban J connectivity index is 1.44. The minimum absolute atomic E-state index is 0.0672.